The van der Waals surface area contributed by atoms with E-state index in [9.17, 15) is 8.78 Å². The Morgan fingerprint density at radius 2 is 1.85 bits per heavy atom. The minimum Gasteiger partial charge on any atom is -0.311 e. The van der Waals surface area contributed by atoms with Crippen LogP contribution in [-0.4, -0.2) is 12.1 Å². The molecule has 1 saturated carbocycles. The number of nitrogens with one attached hydrogen (secondary N) is 1. The number of hydrogen-bond acceptors (Lipinski definition) is 1. The summed E-state index contributed by atoms with van der Waals surface area (Å²) in [5, 5.41) is 3.55. The molecule has 1 aromatic rings. The van der Waals surface area contributed by atoms with Crippen LogP contribution in [0.4, 0.5) is 8.78 Å². The number of benzene rings is 1. The van der Waals surface area contributed by atoms with Gasteiger partial charge >= 0.3 is 0 Å². The van der Waals surface area contributed by atoms with Gasteiger partial charge in [-0.25, -0.2) is 8.78 Å². The minimum atomic E-state index is -0.446. The lowest BCUT2D eigenvalue weighted by Crippen LogP contribution is -2.39. The molecule has 1 N–H and O–H groups in total. The van der Waals surface area contributed by atoms with E-state index >= 15 is 0 Å². The molecule has 1 aliphatic rings. The van der Waals surface area contributed by atoms with E-state index in [-0.39, 0.29) is 11.6 Å². The van der Waals surface area contributed by atoms with E-state index in [2.05, 4.69) is 26.1 Å². The highest BCUT2D eigenvalue weighted by Gasteiger charge is 2.36. The molecule has 3 unspecified atom stereocenters. The number of rotatable bonds is 4. The van der Waals surface area contributed by atoms with Gasteiger partial charge in [-0.1, -0.05) is 26.8 Å². The molecule has 0 heterocycles. The molecule has 2 rings (SSSR count). The first-order chi connectivity index (χ1) is 9.28. The van der Waals surface area contributed by atoms with Crippen molar-refractivity contribution in [2.45, 2.75) is 59.0 Å². The molecule has 1 nitrogen and oxygen atoms in total. The first-order valence-electron chi connectivity index (χ1n) is 7.47. The summed E-state index contributed by atoms with van der Waals surface area (Å²) in [7, 11) is 0. The van der Waals surface area contributed by atoms with Crippen LogP contribution in [0, 0.1) is 23.0 Å². The summed E-state index contributed by atoms with van der Waals surface area (Å²) < 4.78 is 27.3. The van der Waals surface area contributed by atoms with Crippen LogP contribution in [-0.2, 0) is 6.42 Å². The lowest BCUT2D eigenvalue weighted by atomic mass is 9.91. The average molecular weight is 281 g/mol. The van der Waals surface area contributed by atoms with E-state index < -0.39 is 11.6 Å². The maximum Gasteiger partial charge on any atom is 0.129 e. The van der Waals surface area contributed by atoms with E-state index in [1.165, 1.54) is 24.6 Å². The van der Waals surface area contributed by atoms with Gasteiger partial charge in [0.15, 0.2) is 0 Å². The van der Waals surface area contributed by atoms with Crippen molar-refractivity contribution in [2.75, 3.05) is 0 Å². The molecule has 1 aromatic carbocycles. The molecule has 3 atom stereocenters. The molecule has 0 spiro atoms. The Kier molecular flexibility index (Phi) is 4.48. The van der Waals surface area contributed by atoms with E-state index in [1.807, 2.05) is 6.92 Å². The maximum absolute atomic E-state index is 13.7. The smallest absolute Gasteiger partial charge is 0.129 e. The molecule has 20 heavy (non-hydrogen) atoms. The van der Waals surface area contributed by atoms with Gasteiger partial charge in [0.1, 0.15) is 11.6 Å². The van der Waals surface area contributed by atoms with Gasteiger partial charge in [-0.3, -0.25) is 0 Å². The van der Waals surface area contributed by atoms with E-state index in [1.54, 1.807) is 0 Å². The summed E-state index contributed by atoms with van der Waals surface area (Å²) in [6.07, 6.45) is 2.71. The van der Waals surface area contributed by atoms with Crippen molar-refractivity contribution in [3.8, 4) is 0 Å². The van der Waals surface area contributed by atoms with Gasteiger partial charge in [-0.15, -0.1) is 0 Å². The standard InChI is InChI=1S/C17H25F2N/c1-11-9-17(3,4)10-16(11)20-12(2)8-13-14(18)6-5-7-15(13)19/h5-7,11-12,16,20H,8-10H2,1-4H3. The van der Waals surface area contributed by atoms with Crippen molar-refractivity contribution in [1.82, 2.24) is 5.32 Å². The molecular formula is C17H25F2N. The fraction of sp³-hybridized carbons (Fsp3) is 0.647. The third kappa shape index (κ3) is 3.57. The van der Waals surface area contributed by atoms with E-state index in [0.717, 1.165) is 6.42 Å². The fourth-order valence-corrected chi connectivity index (χ4v) is 3.57. The van der Waals surface area contributed by atoms with Crippen LogP contribution in [0.1, 0.15) is 46.1 Å². The topological polar surface area (TPSA) is 12.0 Å². The summed E-state index contributed by atoms with van der Waals surface area (Å²) in [6, 6.07) is 4.57. The zero-order valence-electron chi connectivity index (χ0n) is 12.8. The first kappa shape index (κ1) is 15.4. The normalized spacial score (nSPS) is 26.7. The molecular weight excluding hydrogens is 256 g/mol. The lowest BCUT2D eigenvalue weighted by Gasteiger charge is -2.24. The molecule has 112 valence electrons. The van der Waals surface area contributed by atoms with Crippen molar-refractivity contribution in [3.63, 3.8) is 0 Å². The average Bonchev–Trinajstić information content (AvgIpc) is 2.57. The zero-order valence-corrected chi connectivity index (χ0v) is 12.8. The Bertz CT molecular complexity index is 450. The second-order valence-electron chi connectivity index (χ2n) is 7.13. The van der Waals surface area contributed by atoms with Crippen molar-refractivity contribution >= 4 is 0 Å². The number of hydrogen-bond donors (Lipinski definition) is 1. The maximum atomic E-state index is 13.7. The molecule has 0 radical (unpaired) electrons. The van der Waals surface area contributed by atoms with Crippen LogP contribution >= 0.6 is 0 Å². The lowest BCUT2D eigenvalue weighted by molar-refractivity contribution is 0.353. The molecule has 0 aliphatic heterocycles. The van der Waals surface area contributed by atoms with E-state index in [4.69, 9.17) is 0 Å². The Hall–Kier alpha value is -0.960. The van der Waals surface area contributed by atoms with Gasteiger partial charge in [0, 0.05) is 17.6 Å². The molecule has 1 fully saturated rings. The SMILES string of the molecule is CC(Cc1c(F)cccc1F)NC1CC(C)(C)CC1C. The monoisotopic (exact) mass is 281 g/mol. The third-order valence-electron chi connectivity index (χ3n) is 4.40. The predicted molar refractivity (Wildman–Crippen MR) is 78.6 cm³/mol. The van der Waals surface area contributed by atoms with Gasteiger partial charge in [-0.05, 0) is 49.7 Å². The van der Waals surface area contributed by atoms with Gasteiger partial charge in [0.05, 0.1) is 0 Å². The largest absolute Gasteiger partial charge is 0.311 e. The summed E-state index contributed by atoms with van der Waals surface area (Å²) >= 11 is 0. The summed E-state index contributed by atoms with van der Waals surface area (Å²) in [6.45, 7) is 8.82. The highest BCUT2D eigenvalue weighted by atomic mass is 19.1. The quantitative estimate of drug-likeness (QED) is 0.867. The van der Waals surface area contributed by atoms with Crippen LogP contribution in [0.5, 0.6) is 0 Å². The number of halogens is 2. The summed E-state index contributed by atoms with van der Waals surface area (Å²) in [5.74, 6) is -0.283. The van der Waals surface area contributed by atoms with Gasteiger partial charge < -0.3 is 5.32 Å². The van der Waals surface area contributed by atoms with Crippen LogP contribution in [0.3, 0.4) is 0 Å². The fourth-order valence-electron chi connectivity index (χ4n) is 3.57. The van der Waals surface area contributed by atoms with Crippen molar-refractivity contribution in [1.29, 1.82) is 0 Å². The van der Waals surface area contributed by atoms with Crippen molar-refractivity contribution in [2.24, 2.45) is 11.3 Å². The second kappa shape index (κ2) is 5.80. The molecule has 3 heteroatoms. The Balaban J connectivity index is 1.98. The van der Waals surface area contributed by atoms with Gasteiger partial charge in [-0.2, -0.15) is 0 Å². The molecule has 0 amide bonds. The highest BCUT2D eigenvalue weighted by Crippen LogP contribution is 2.41. The predicted octanol–water partition coefficient (Wildman–Crippen LogP) is 4.31. The summed E-state index contributed by atoms with van der Waals surface area (Å²) in [4.78, 5) is 0. The van der Waals surface area contributed by atoms with Crippen LogP contribution < -0.4 is 5.32 Å². The van der Waals surface area contributed by atoms with Gasteiger partial charge in [0.2, 0.25) is 0 Å². The molecule has 0 saturated heterocycles. The zero-order chi connectivity index (χ0) is 14.9. The first-order valence-corrected chi connectivity index (χ1v) is 7.47. The van der Waals surface area contributed by atoms with E-state index in [0.29, 0.717) is 23.8 Å². The molecule has 1 aliphatic carbocycles. The third-order valence-corrected chi connectivity index (χ3v) is 4.40. The van der Waals surface area contributed by atoms with Gasteiger partial charge in [0.25, 0.3) is 0 Å². The Labute approximate surface area is 120 Å². The summed E-state index contributed by atoms with van der Waals surface area (Å²) in [5.41, 5.74) is 0.553. The minimum absolute atomic E-state index is 0.0720. The van der Waals surface area contributed by atoms with Crippen LogP contribution in [0.2, 0.25) is 0 Å². The molecule has 0 bridgehead atoms. The Morgan fingerprint density at radius 3 is 2.35 bits per heavy atom. The second-order valence-corrected chi connectivity index (χ2v) is 7.13. The Morgan fingerprint density at radius 1 is 1.25 bits per heavy atom. The molecule has 0 aromatic heterocycles. The van der Waals surface area contributed by atoms with Crippen molar-refractivity contribution in [3.05, 3.63) is 35.4 Å². The van der Waals surface area contributed by atoms with Crippen LogP contribution in [0.15, 0.2) is 18.2 Å². The highest BCUT2D eigenvalue weighted by molar-refractivity contribution is 5.20. The van der Waals surface area contributed by atoms with Crippen molar-refractivity contribution < 1.29 is 8.78 Å². The van der Waals surface area contributed by atoms with Crippen LogP contribution in [0.25, 0.3) is 0 Å².